The number of aromatic nitrogens is 1. The molecule has 3 atom stereocenters. The quantitative estimate of drug-likeness (QED) is 0.0312. The van der Waals surface area contributed by atoms with Gasteiger partial charge in [0.05, 0.1) is 11.1 Å². The van der Waals surface area contributed by atoms with Crippen LogP contribution in [0.2, 0.25) is 0 Å². The monoisotopic (exact) mass is 1050 g/mol. The van der Waals surface area contributed by atoms with Crippen molar-refractivity contribution in [2.24, 2.45) is 0 Å². The number of cyclic esters (lactones) is 3. The highest BCUT2D eigenvalue weighted by atomic mass is 16.6. The topological polar surface area (TPSA) is 354 Å². The third kappa shape index (κ3) is 10.4. The lowest BCUT2D eigenvalue weighted by atomic mass is 9.90. The van der Waals surface area contributed by atoms with E-state index in [-0.39, 0.29) is 30.6 Å². The lowest BCUT2D eigenvalue weighted by Gasteiger charge is -2.37. The first kappa shape index (κ1) is 51.3. The predicted octanol–water partition coefficient (Wildman–Crippen LogP) is 1.59. The third-order valence-electron chi connectivity index (χ3n) is 13.1. The van der Waals surface area contributed by atoms with Gasteiger partial charge in [-0.3, -0.25) is 19.2 Å². The fourth-order valence-corrected chi connectivity index (χ4v) is 9.31. The van der Waals surface area contributed by atoms with Crippen molar-refractivity contribution in [1.29, 1.82) is 0 Å². The summed E-state index contributed by atoms with van der Waals surface area (Å²) in [6, 6.07) is 6.46. The van der Waals surface area contributed by atoms with E-state index in [2.05, 4.69) is 26.2 Å². The van der Waals surface area contributed by atoms with Crippen LogP contribution >= 0.6 is 0 Å². The standard InChI is InChI=1S/C52H48N6O18/c59-36-11-1-8-29(41(36)62)46(66)54-32-22-73-50(70)33(55-47(67)30-9-2-12-37(60)42(30)63)23-74-52(72)34(24-75-51(32)71)56-48(68)39-35(13-14-38(61)43(39)64)58-17-3-6-25(21-58)20-53-45(65)31-19-27-18-26-7-4-15-57-16-5-10-28(40(26)57)44(27)76-49(31)69/h1,3,6,8-9,11,13-14,17-19,21,32-34H,2,4-5,7,10,12,15-16,20,22-24H2,(H9-,53,54,55,56,59,60,61,62,63,64,65,66,67,68)/p+1. The zero-order valence-electron chi connectivity index (χ0n) is 40.1. The van der Waals surface area contributed by atoms with E-state index in [9.17, 15) is 69.0 Å². The molecule has 0 radical (unpaired) electrons. The summed E-state index contributed by atoms with van der Waals surface area (Å²) in [7, 11) is 0. The molecule has 9 rings (SSSR count). The first-order valence-electron chi connectivity index (χ1n) is 23.9. The van der Waals surface area contributed by atoms with Gasteiger partial charge < -0.3 is 75.4 Å². The maximum Gasteiger partial charge on any atom is 0.349 e. The lowest BCUT2D eigenvalue weighted by molar-refractivity contribution is -0.596. The Balaban J connectivity index is 0.953. The number of esters is 3. The number of aliphatic hydroxyl groups excluding tert-OH is 2. The van der Waals surface area contributed by atoms with Crippen LogP contribution in [-0.2, 0) is 52.8 Å². The molecule has 1 fully saturated rings. The molecule has 1 saturated heterocycles. The highest BCUT2D eigenvalue weighted by Crippen LogP contribution is 2.40. The van der Waals surface area contributed by atoms with E-state index in [4.69, 9.17) is 18.6 Å². The van der Waals surface area contributed by atoms with Gasteiger partial charge in [-0.05, 0) is 74.1 Å². The first-order chi connectivity index (χ1) is 36.5. The Morgan fingerprint density at radius 3 is 2.01 bits per heavy atom. The first-order valence-corrected chi connectivity index (χ1v) is 23.9. The molecular formula is C52H49N6O18+. The molecule has 76 heavy (non-hydrogen) atoms. The molecule has 0 spiro atoms. The van der Waals surface area contributed by atoms with Crippen LogP contribution in [0.1, 0.15) is 73.4 Å². The number of phenolic OH excluding ortho intramolecular Hbond substituents is 4. The minimum Gasteiger partial charge on any atom is -0.508 e. The number of phenols is 4. The van der Waals surface area contributed by atoms with E-state index < -0.39 is 136 Å². The smallest absolute Gasteiger partial charge is 0.349 e. The molecule has 5 heterocycles. The van der Waals surface area contributed by atoms with Gasteiger partial charge in [0, 0.05) is 60.4 Å². The number of rotatable bonds is 10. The van der Waals surface area contributed by atoms with Crippen LogP contribution in [-0.4, -0.2) is 123 Å². The van der Waals surface area contributed by atoms with Crippen molar-refractivity contribution in [1.82, 2.24) is 21.3 Å². The van der Waals surface area contributed by atoms with Gasteiger partial charge >= 0.3 is 23.5 Å². The molecule has 394 valence electrons. The molecule has 3 unspecified atom stereocenters. The van der Waals surface area contributed by atoms with E-state index in [0.717, 1.165) is 73.8 Å². The molecule has 0 bridgehead atoms. The summed E-state index contributed by atoms with van der Waals surface area (Å²) in [5, 5.41) is 72.6. The van der Waals surface area contributed by atoms with Crippen molar-refractivity contribution in [2.45, 2.75) is 63.2 Å². The molecule has 4 aliphatic rings. The number of fused-ring (bicyclic) bond motifs is 2. The molecule has 1 aliphatic carbocycles. The normalized spacial score (nSPS) is 18.8. The van der Waals surface area contributed by atoms with Crippen molar-refractivity contribution < 1.29 is 87.4 Å². The Morgan fingerprint density at radius 2 is 1.32 bits per heavy atom. The van der Waals surface area contributed by atoms with E-state index in [1.54, 1.807) is 6.07 Å². The summed E-state index contributed by atoms with van der Waals surface area (Å²) in [4.78, 5) is 111. The molecule has 4 amide bonds. The molecular weight excluding hydrogens is 997 g/mol. The summed E-state index contributed by atoms with van der Waals surface area (Å²) in [5.74, 6) is -13.1. The summed E-state index contributed by atoms with van der Waals surface area (Å²) < 4.78 is 23.0. The number of para-hydroxylation sites is 1. The number of hydrogen-bond donors (Lipinski definition) is 10. The molecule has 3 aromatic carbocycles. The maximum atomic E-state index is 14.3. The number of aromatic hydroxyl groups is 4. The highest BCUT2D eigenvalue weighted by molar-refractivity contribution is 6.03. The van der Waals surface area contributed by atoms with Gasteiger partial charge in [-0.15, -0.1) is 0 Å². The minimum absolute atomic E-state index is 0.00545. The zero-order valence-corrected chi connectivity index (χ0v) is 40.1. The Kier molecular flexibility index (Phi) is 14.5. The minimum atomic E-state index is -2.00. The summed E-state index contributed by atoms with van der Waals surface area (Å²) in [6.07, 6.45) is 7.78. The van der Waals surface area contributed by atoms with E-state index in [1.165, 1.54) is 47.3 Å². The molecule has 3 aliphatic heterocycles. The molecule has 24 nitrogen and oxygen atoms in total. The van der Waals surface area contributed by atoms with Crippen LogP contribution in [0.15, 0.2) is 99.4 Å². The average Bonchev–Trinajstić information content (AvgIpc) is 3.41. The lowest BCUT2D eigenvalue weighted by Crippen LogP contribution is -2.53. The van der Waals surface area contributed by atoms with Gasteiger partial charge in [-0.25, -0.2) is 19.2 Å². The average molecular weight is 1050 g/mol. The van der Waals surface area contributed by atoms with E-state index in [1.807, 2.05) is 6.07 Å². The number of nitrogens with zero attached hydrogens (tertiary/aromatic N) is 2. The second-order valence-corrected chi connectivity index (χ2v) is 18.1. The number of hydrogen-bond acceptors (Lipinski definition) is 19. The number of anilines is 1. The van der Waals surface area contributed by atoms with Gasteiger partial charge in [-0.1, -0.05) is 12.1 Å². The third-order valence-corrected chi connectivity index (χ3v) is 13.1. The number of ether oxygens (including phenoxy) is 3. The second-order valence-electron chi connectivity index (χ2n) is 18.1. The fourth-order valence-electron chi connectivity index (χ4n) is 9.31. The van der Waals surface area contributed by atoms with Gasteiger partial charge in [0.25, 0.3) is 23.6 Å². The molecule has 2 aromatic heterocycles. The van der Waals surface area contributed by atoms with Crippen LogP contribution in [0.3, 0.4) is 0 Å². The molecule has 10 N–H and O–H groups in total. The SMILES string of the molecule is O=C(NC1COC(=O)C(NC(=O)c2c(-[n+]3cccc(CNC(=O)c4cc5cc6c7c(c5oc4=O)CCCN7CCC6)c3)ccc(O)c2O)COC(=O)C(NC(=O)c2cccc(O)c2O)COC1=O)C1=CCCC(O)=C1O. The number of benzene rings is 3. The molecule has 5 aromatic rings. The van der Waals surface area contributed by atoms with Crippen LogP contribution in [0.5, 0.6) is 23.0 Å². The number of carbonyl (C=O) groups excluding carboxylic acids is 7. The Hall–Kier alpha value is -9.61. The number of carbonyl (C=O) groups is 7. The number of pyridine rings is 1. The van der Waals surface area contributed by atoms with Crippen LogP contribution in [0.4, 0.5) is 5.69 Å². The van der Waals surface area contributed by atoms with Crippen molar-refractivity contribution in [3.63, 3.8) is 0 Å². The number of nitrogens with one attached hydrogen (secondary N) is 4. The molecule has 24 heteroatoms. The van der Waals surface area contributed by atoms with Crippen molar-refractivity contribution in [3.05, 3.63) is 134 Å². The Morgan fingerprint density at radius 1 is 0.671 bits per heavy atom. The highest BCUT2D eigenvalue weighted by Gasteiger charge is 2.37. The van der Waals surface area contributed by atoms with E-state index in [0.29, 0.717) is 16.5 Å². The van der Waals surface area contributed by atoms with Gasteiger partial charge in [0.1, 0.15) is 36.7 Å². The van der Waals surface area contributed by atoms with Crippen molar-refractivity contribution >= 4 is 58.2 Å². The van der Waals surface area contributed by atoms with Gasteiger partial charge in [0.15, 0.2) is 64.8 Å². The van der Waals surface area contributed by atoms with Gasteiger partial charge in [-0.2, -0.15) is 4.57 Å². The van der Waals surface area contributed by atoms with Crippen LogP contribution in [0, 0.1) is 0 Å². The summed E-state index contributed by atoms with van der Waals surface area (Å²) in [5.41, 5.74) is 1.33. The van der Waals surface area contributed by atoms with Crippen molar-refractivity contribution in [3.8, 4) is 28.7 Å². The summed E-state index contributed by atoms with van der Waals surface area (Å²) >= 11 is 0. The zero-order chi connectivity index (χ0) is 53.9. The Labute approximate surface area is 429 Å². The largest absolute Gasteiger partial charge is 0.508 e. The number of aryl methyl sites for hydroxylation is 2. The number of aliphatic hydroxyl groups is 2. The van der Waals surface area contributed by atoms with Crippen LogP contribution in [0.25, 0.3) is 16.7 Å². The molecule has 0 saturated carbocycles. The second kappa shape index (κ2) is 21.5. The fraction of sp³-hybridized carbons (Fsp3) is 0.288. The summed E-state index contributed by atoms with van der Waals surface area (Å²) in [6.45, 7) is -1.39. The predicted molar refractivity (Wildman–Crippen MR) is 261 cm³/mol. The number of amides is 4. The maximum absolute atomic E-state index is 14.3. The van der Waals surface area contributed by atoms with E-state index >= 15 is 0 Å². The van der Waals surface area contributed by atoms with Crippen molar-refractivity contribution in [2.75, 3.05) is 37.8 Å². The van der Waals surface area contributed by atoms with Crippen LogP contribution < -0.4 is 36.4 Å². The van der Waals surface area contributed by atoms with Gasteiger partial charge in [0.2, 0.25) is 5.69 Å². The number of allylic oxidation sites excluding steroid dienone is 2. The Bertz CT molecular complexity index is 3380.